The van der Waals surface area contributed by atoms with Gasteiger partial charge in [0.1, 0.15) is 0 Å². The molecule has 0 rings (SSSR count). The summed E-state index contributed by atoms with van der Waals surface area (Å²) in [6.45, 7) is 0. The molecule has 0 saturated heterocycles. The Morgan fingerprint density at radius 2 is 1.62 bits per heavy atom. The Morgan fingerprint density at radius 1 is 1.50 bits per heavy atom. The van der Waals surface area contributed by atoms with Crippen LogP contribution in [0.15, 0.2) is 0 Å². The van der Waals surface area contributed by atoms with Crippen molar-refractivity contribution in [1.29, 1.82) is 0 Å². The van der Waals surface area contributed by atoms with E-state index in [1.165, 1.54) is 0 Å². The molecule has 0 atom stereocenters. The van der Waals surface area contributed by atoms with Crippen LogP contribution in [-0.4, -0.2) is 11.7 Å². The van der Waals surface area contributed by atoms with Crippen molar-refractivity contribution in [2.45, 2.75) is 5.38 Å². The molecule has 0 aliphatic heterocycles. The SMILES string of the molecule is O=[C-]C(F)(F)Cl.[Na+].[O-2]. The molecule has 0 aliphatic rings. The van der Waals surface area contributed by atoms with Crippen molar-refractivity contribution in [3.8, 4) is 0 Å². The summed E-state index contributed by atoms with van der Waals surface area (Å²) >= 11 is 3.96. The summed E-state index contributed by atoms with van der Waals surface area (Å²) in [5, 5.41) is -3.79. The Kier molecular flexibility index (Phi) is 11.7. The molecule has 0 N–H and O–H groups in total. The Bertz CT molecular complexity index is 63.5. The minimum absolute atomic E-state index is 0. The molecule has 0 aromatic heterocycles. The zero-order valence-electron chi connectivity index (χ0n) is 3.95. The van der Waals surface area contributed by atoms with E-state index in [9.17, 15) is 8.78 Å². The molecule has 44 valence electrons. The first-order valence-corrected chi connectivity index (χ1v) is 1.40. The van der Waals surface area contributed by atoms with Gasteiger partial charge >= 0.3 is 29.6 Å². The van der Waals surface area contributed by atoms with Crippen LogP contribution in [-0.2, 0) is 10.3 Å². The second kappa shape index (κ2) is 5.91. The van der Waals surface area contributed by atoms with E-state index in [4.69, 9.17) is 4.79 Å². The van der Waals surface area contributed by atoms with Gasteiger partial charge in [0.05, 0.1) is 0 Å². The molecular formula is C2ClF2NaO2-2. The van der Waals surface area contributed by atoms with Gasteiger partial charge < -0.3 is 10.3 Å². The number of hydrogen-bond donors (Lipinski definition) is 0. The van der Waals surface area contributed by atoms with Gasteiger partial charge in [-0.05, 0) is 0 Å². The fourth-order valence-electron chi connectivity index (χ4n) is 0. The minimum Gasteiger partial charge on any atom is -2.00 e. The molecule has 0 spiro atoms. The Labute approximate surface area is 71.8 Å². The van der Waals surface area contributed by atoms with Crippen molar-refractivity contribution in [2.75, 3.05) is 0 Å². The molecule has 8 heavy (non-hydrogen) atoms. The maximum Gasteiger partial charge on any atom is 1.00 e. The topological polar surface area (TPSA) is 45.6 Å². The third-order valence-electron chi connectivity index (χ3n) is 0.116. The third-order valence-corrected chi connectivity index (χ3v) is 0.193. The van der Waals surface area contributed by atoms with E-state index in [-0.39, 0.29) is 41.3 Å². The van der Waals surface area contributed by atoms with Gasteiger partial charge in [-0.2, -0.15) is 6.29 Å². The normalized spacial score (nSPS) is 8.38. The summed E-state index contributed by atoms with van der Waals surface area (Å²) in [7, 11) is 0. The summed E-state index contributed by atoms with van der Waals surface area (Å²) in [5.41, 5.74) is 0. The van der Waals surface area contributed by atoms with Gasteiger partial charge in [-0.25, -0.2) is 8.78 Å². The maximum absolute atomic E-state index is 10.8. The maximum atomic E-state index is 10.8. The van der Waals surface area contributed by atoms with E-state index in [0.717, 1.165) is 0 Å². The van der Waals surface area contributed by atoms with Gasteiger partial charge in [-0.1, -0.05) is 11.6 Å². The number of hydrogen-bond acceptors (Lipinski definition) is 1. The van der Waals surface area contributed by atoms with Crippen molar-refractivity contribution >= 4 is 17.9 Å². The van der Waals surface area contributed by atoms with Crippen molar-refractivity contribution in [3.63, 3.8) is 0 Å². The van der Waals surface area contributed by atoms with E-state index >= 15 is 0 Å². The summed E-state index contributed by atoms with van der Waals surface area (Å²) in [4.78, 5) is 8.82. The second-order valence-corrected chi connectivity index (χ2v) is 1.07. The molecule has 0 fully saturated rings. The van der Waals surface area contributed by atoms with Gasteiger partial charge in [-0.3, -0.25) is 0 Å². The molecule has 0 amide bonds. The Balaban J connectivity index is -0.000000125. The predicted molar refractivity (Wildman–Crippen MR) is 17.2 cm³/mol. The number of alkyl halides is 3. The summed E-state index contributed by atoms with van der Waals surface area (Å²) in [6, 6.07) is 0. The number of halogens is 3. The summed E-state index contributed by atoms with van der Waals surface area (Å²) < 4.78 is 21.6. The van der Waals surface area contributed by atoms with Crippen LogP contribution < -0.4 is 29.6 Å². The Morgan fingerprint density at radius 3 is 1.62 bits per heavy atom. The van der Waals surface area contributed by atoms with Crippen LogP contribution in [0.25, 0.3) is 0 Å². The molecular weight excluding hydrogens is 152 g/mol. The molecule has 0 radical (unpaired) electrons. The number of carbonyl (C=O) groups excluding carboxylic acids is 1. The van der Waals surface area contributed by atoms with Crippen LogP contribution in [0.5, 0.6) is 0 Å². The van der Waals surface area contributed by atoms with Crippen LogP contribution in [0.2, 0.25) is 0 Å². The van der Waals surface area contributed by atoms with Crippen LogP contribution in [0.1, 0.15) is 0 Å². The molecule has 2 nitrogen and oxygen atoms in total. The first kappa shape index (κ1) is 15.9. The summed E-state index contributed by atoms with van der Waals surface area (Å²) in [6.07, 6.45) is 0.286. The predicted octanol–water partition coefficient (Wildman–Crippen LogP) is -2.19. The molecule has 0 aliphatic carbocycles. The Hall–Kier alpha value is 0.780. The molecule has 0 heterocycles. The van der Waals surface area contributed by atoms with Crippen molar-refractivity contribution < 1.29 is 48.6 Å². The van der Waals surface area contributed by atoms with Gasteiger partial charge in [0.15, 0.2) is 0 Å². The minimum atomic E-state index is -3.79. The molecule has 0 aromatic carbocycles. The second-order valence-electron chi connectivity index (χ2n) is 0.600. The zero-order valence-corrected chi connectivity index (χ0v) is 6.71. The average Bonchev–Trinajstić information content (AvgIpc) is 1.35. The largest absolute Gasteiger partial charge is 2.00 e. The van der Waals surface area contributed by atoms with E-state index < -0.39 is 5.38 Å². The monoisotopic (exact) mass is 152 g/mol. The van der Waals surface area contributed by atoms with Crippen LogP contribution in [0, 0.1) is 0 Å². The van der Waals surface area contributed by atoms with Crippen molar-refractivity contribution in [3.05, 3.63) is 0 Å². The first-order valence-electron chi connectivity index (χ1n) is 1.02. The van der Waals surface area contributed by atoms with E-state index in [0.29, 0.717) is 0 Å². The van der Waals surface area contributed by atoms with Gasteiger partial charge in [0.25, 0.3) is 0 Å². The van der Waals surface area contributed by atoms with E-state index in [1.807, 2.05) is 0 Å². The smallest absolute Gasteiger partial charge is 1.00 e. The molecule has 0 bridgehead atoms. The third kappa shape index (κ3) is 15.9. The zero-order chi connectivity index (χ0) is 5.21. The molecule has 0 unspecified atom stereocenters. The average molecular weight is 152 g/mol. The van der Waals surface area contributed by atoms with Crippen molar-refractivity contribution in [2.24, 2.45) is 0 Å². The van der Waals surface area contributed by atoms with Crippen molar-refractivity contribution in [1.82, 2.24) is 0 Å². The van der Waals surface area contributed by atoms with Crippen LogP contribution >= 0.6 is 11.6 Å². The molecule has 0 aromatic rings. The standard InChI is InChI=1S/C2ClF2O.Na.O/c3-2(4,5)1-6;;/q-1;+1;-2. The van der Waals surface area contributed by atoms with Gasteiger partial charge in [0, 0.05) is 0 Å². The van der Waals surface area contributed by atoms with Crippen LogP contribution in [0.4, 0.5) is 8.78 Å². The fourth-order valence-corrected chi connectivity index (χ4v) is 0. The molecule has 6 heteroatoms. The number of rotatable bonds is 1. The quantitative estimate of drug-likeness (QED) is 0.239. The van der Waals surface area contributed by atoms with Gasteiger partial charge in [0.2, 0.25) is 5.38 Å². The van der Waals surface area contributed by atoms with Crippen LogP contribution in [0.3, 0.4) is 0 Å². The molecule has 0 saturated carbocycles. The van der Waals surface area contributed by atoms with E-state index in [2.05, 4.69) is 11.6 Å². The van der Waals surface area contributed by atoms with Gasteiger partial charge in [-0.15, -0.1) is 0 Å². The fraction of sp³-hybridized carbons (Fsp3) is 0.500. The summed E-state index contributed by atoms with van der Waals surface area (Å²) in [5.74, 6) is 0. The van der Waals surface area contributed by atoms with E-state index in [1.54, 1.807) is 0 Å². The first-order chi connectivity index (χ1) is 2.56.